The quantitative estimate of drug-likeness (QED) is 0.746. The Morgan fingerprint density at radius 1 is 1.35 bits per heavy atom. The highest BCUT2D eigenvalue weighted by molar-refractivity contribution is 4.79. The van der Waals surface area contributed by atoms with Gasteiger partial charge in [-0.2, -0.15) is 0 Å². The van der Waals surface area contributed by atoms with E-state index >= 15 is 0 Å². The number of aliphatic hydroxyl groups excluding tert-OH is 1. The Kier molecular flexibility index (Phi) is 6.45. The number of piperidine rings is 1. The molecule has 3 heteroatoms. The summed E-state index contributed by atoms with van der Waals surface area (Å²) in [5.41, 5.74) is 0. The van der Waals surface area contributed by atoms with Crippen LogP contribution in [0.5, 0.6) is 0 Å². The highest BCUT2D eigenvalue weighted by Crippen LogP contribution is 2.22. The lowest BCUT2D eigenvalue weighted by atomic mass is 9.93. The van der Waals surface area contributed by atoms with Crippen molar-refractivity contribution < 1.29 is 5.11 Å². The first-order valence-corrected chi connectivity index (χ1v) is 7.13. The van der Waals surface area contributed by atoms with E-state index in [1.54, 1.807) is 0 Å². The van der Waals surface area contributed by atoms with Gasteiger partial charge in [-0.3, -0.25) is 0 Å². The van der Waals surface area contributed by atoms with Gasteiger partial charge < -0.3 is 15.3 Å². The molecule has 0 amide bonds. The standard InChI is InChI=1S/C14H30N2O/c1-11(2)15-14(10-17)6-8-16-7-5-12(3)9-13(16)4/h11-15,17H,5-10H2,1-4H3. The fourth-order valence-corrected chi connectivity index (χ4v) is 2.81. The number of nitrogens with one attached hydrogen (secondary N) is 1. The van der Waals surface area contributed by atoms with Crippen LogP contribution in [0.3, 0.4) is 0 Å². The van der Waals surface area contributed by atoms with E-state index in [2.05, 4.69) is 37.9 Å². The van der Waals surface area contributed by atoms with Crippen LogP contribution in [-0.2, 0) is 0 Å². The van der Waals surface area contributed by atoms with E-state index in [4.69, 9.17) is 0 Å². The Balaban J connectivity index is 2.28. The number of rotatable bonds is 6. The van der Waals surface area contributed by atoms with Crippen molar-refractivity contribution in [2.45, 2.75) is 65.1 Å². The maximum atomic E-state index is 9.33. The molecule has 1 aliphatic heterocycles. The van der Waals surface area contributed by atoms with Crippen LogP contribution in [0.1, 0.15) is 47.0 Å². The molecule has 102 valence electrons. The van der Waals surface area contributed by atoms with Gasteiger partial charge in [-0.15, -0.1) is 0 Å². The number of nitrogens with zero attached hydrogens (tertiary/aromatic N) is 1. The topological polar surface area (TPSA) is 35.5 Å². The van der Waals surface area contributed by atoms with E-state index in [-0.39, 0.29) is 12.6 Å². The largest absolute Gasteiger partial charge is 0.395 e. The zero-order valence-corrected chi connectivity index (χ0v) is 11.9. The van der Waals surface area contributed by atoms with E-state index in [0.717, 1.165) is 18.9 Å². The third-order valence-corrected chi connectivity index (χ3v) is 3.83. The predicted octanol–water partition coefficient (Wildman–Crippen LogP) is 1.86. The molecular weight excluding hydrogens is 212 g/mol. The zero-order valence-electron chi connectivity index (χ0n) is 11.9. The van der Waals surface area contributed by atoms with Crippen molar-refractivity contribution in [3.63, 3.8) is 0 Å². The van der Waals surface area contributed by atoms with Gasteiger partial charge in [0.15, 0.2) is 0 Å². The number of aliphatic hydroxyl groups is 1. The zero-order chi connectivity index (χ0) is 12.8. The summed E-state index contributed by atoms with van der Waals surface area (Å²) in [5.74, 6) is 0.878. The van der Waals surface area contributed by atoms with Crippen molar-refractivity contribution in [3.05, 3.63) is 0 Å². The van der Waals surface area contributed by atoms with Gasteiger partial charge in [0, 0.05) is 18.1 Å². The molecule has 0 radical (unpaired) electrons. The van der Waals surface area contributed by atoms with E-state index in [1.165, 1.54) is 19.4 Å². The van der Waals surface area contributed by atoms with Crippen molar-refractivity contribution in [2.24, 2.45) is 5.92 Å². The van der Waals surface area contributed by atoms with Gasteiger partial charge in [-0.1, -0.05) is 20.8 Å². The predicted molar refractivity (Wildman–Crippen MR) is 73.2 cm³/mol. The first kappa shape index (κ1) is 14.9. The Hall–Kier alpha value is -0.120. The van der Waals surface area contributed by atoms with E-state index in [9.17, 15) is 5.11 Å². The van der Waals surface area contributed by atoms with Crippen LogP contribution in [0.4, 0.5) is 0 Å². The van der Waals surface area contributed by atoms with Gasteiger partial charge in [-0.25, -0.2) is 0 Å². The first-order valence-electron chi connectivity index (χ1n) is 7.13. The second-order valence-electron chi connectivity index (χ2n) is 6.00. The van der Waals surface area contributed by atoms with Crippen LogP contribution in [0.15, 0.2) is 0 Å². The summed E-state index contributed by atoms with van der Waals surface area (Å²) in [5, 5.41) is 12.7. The molecule has 0 spiro atoms. The SMILES string of the molecule is CC1CCN(CCC(CO)NC(C)C)C(C)C1. The lowest BCUT2D eigenvalue weighted by Crippen LogP contribution is -2.44. The molecule has 0 aromatic heterocycles. The molecule has 3 nitrogen and oxygen atoms in total. The highest BCUT2D eigenvalue weighted by Gasteiger charge is 2.23. The van der Waals surface area contributed by atoms with Crippen LogP contribution in [0, 0.1) is 5.92 Å². The van der Waals surface area contributed by atoms with Crippen LogP contribution in [0.2, 0.25) is 0 Å². The molecule has 0 aromatic rings. The second-order valence-corrected chi connectivity index (χ2v) is 6.00. The molecule has 1 saturated heterocycles. The van der Waals surface area contributed by atoms with Crippen molar-refractivity contribution in [1.29, 1.82) is 0 Å². The maximum Gasteiger partial charge on any atom is 0.0585 e. The minimum absolute atomic E-state index is 0.247. The summed E-state index contributed by atoms with van der Waals surface area (Å²) in [6.45, 7) is 11.5. The van der Waals surface area contributed by atoms with Crippen LogP contribution in [0.25, 0.3) is 0 Å². The van der Waals surface area contributed by atoms with E-state index in [0.29, 0.717) is 12.1 Å². The summed E-state index contributed by atoms with van der Waals surface area (Å²) in [6, 6.07) is 1.41. The Bertz CT molecular complexity index is 208. The minimum atomic E-state index is 0.247. The molecule has 1 rings (SSSR count). The molecular formula is C14H30N2O. The van der Waals surface area contributed by atoms with Crippen LogP contribution < -0.4 is 5.32 Å². The van der Waals surface area contributed by atoms with Crippen molar-refractivity contribution in [2.75, 3.05) is 19.7 Å². The normalized spacial score (nSPS) is 28.6. The molecule has 1 fully saturated rings. The fraction of sp³-hybridized carbons (Fsp3) is 1.00. The van der Waals surface area contributed by atoms with E-state index < -0.39 is 0 Å². The molecule has 0 aromatic carbocycles. The minimum Gasteiger partial charge on any atom is -0.395 e. The smallest absolute Gasteiger partial charge is 0.0585 e. The molecule has 0 aliphatic carbocycles. The van der Waals surface area contributed by atoms with Crippen molar-refractivity contribution >= 4 is 0 Å². The summed E-state index contributed by atoms with van der Waals surface area (Å²) in [4.78, 5) is 2.57. The first-order chi connectivity index (χ1) is 8.02. The van der Waals surface area contributed by atoms with E-state index in [1.807, 2.05) is 0 Å². The fourth-order valence-electron chi connectivity index (χ4n) is 2.81. The summed E-state index contributed by atoms with van der Waals surface area (Å²) < 4.78 is 0. The lowest BCUT2D eigenvalue weighted by molar-refractivity contribution is 0.117. The molecule has 1 heterocycles. The molecule has 0 bridgehead atoms. The van der Waals surface area contributed by atoms with Gasteiger partial charge in [0.2, 0.25) is 0 Å². The molecule has 17 heavy (non-hydrogen) atoms. The molecule has 3 atom stereocenters. The number of hydrogen-bond acceptors (Lipinski definition) is 3. The number of likely N-dealkylation sites (tertiary alicyclic amines) is 1. The van der Waals surface area contributed by atoms with Gasteiger partial charge in [-0.05, 0) is 45.2 Å². The summed E-state index contributed by atoms with van der Waals surface area (Å²) in [6.07, 6.45) is 3.69. The van der Waals surface area contributed by atoms with Gasteiger partial charge in [0.1, 0.15) is 0 Å². The van der Waals surface area contributed by atoms with Crippen LogP contribution in [-0.4, -0.2) is 47.8 Å². The third-order valence-electron chi connectivity index (χ3n) is 3.83. The lowest BCUT2D eigenvalue weighted by Gasteiger charge is -2.37. The number of hydrogen-bond donors (Lipinski definition) is 2. The summed E-state index contributed by atoms with van der Waals surface area (Å²) in [7, 11) is 0. The Labute approximate surface area is 107 Å². The average molecular weight is 242 g/mol. The Morgan fingerprint density at radius 2 is 2.06 bits per heavy atom. The van der Waals surface area contributed by atoms with Crippen molar-refractivity contribution in [1.82, 2.24) is 10.2 Å². The Morgan fingerprint density at radius 3 is 2.59 bits per heavy atom. The molecule has 2 N–H and O–H groups in total. The van der Waals surface area contributed by atoms with Crippen molar-refractivity contribution in [3.8, 4) is 0 Å². The average Bonchev–Trinajstić information content (AvgIpc) is 2.25. The molecule has 0 saturated carbocycles. The monoisotopic (exact) mass is 242 g/mol. The third kappa shape index (κ3) is 5.36. The van der Waals surface area contributed by atoms with Crippen LogP contribution >= 0.6 is 0 Å². The molecule has 3 unspecified atom stereocenters. The second kappa shape index (κ2) is 7.34. The van der Waals surface area contributed by atoms with Gasteiger partial charge >= 0.3 is 0 Å². The highest BCUT2D eigenvalue weighted by atomic mass is 16.3. The molecule has 1 aliphatic rings. The maximum absolute atomic E-state index is 9.33. The van der Waals surface area contributed by atoms with Gasteiger partial charge in [0.25, 0.3) is 0 Å². The summed E-state index contributed by atoms with van der Waals surface area (Å²) >= 11 is 0. The van der Waals surface area contributed by atoms with Gasteiger partial charge in [0.05, 0.1) is 6.61 Å².